The fourth-order valence-electron chi connectivity index (χ4n) is 5.81. The maximum atomic E-state index is 8.56. The monoisotopic (exact) mass is 863 g/mol. The molecule has 7 rings (SSSR count). The maximum absolute atomic E-state index is 8.56. The van der Waals surface area contributed by atoms with Gasteiger partial charge in [-0.3, -0.25) is 4.98 Å². The summed E-state index contributed by atoms with van der Waals surface area (Å²) in [5.74, 6) is 7.65. The number of fused-ring (bicyclic) bond motifs is 4. The third-order valence-electron chi connectivity index (χ3n) is 7.91. The molecule has 243 valence electrons. The first-order valence-corrected chi connectivity index (χ1v) is 23.3. The van der Waals surface area contributed by atoms with E-state index in [-0.39, 0.29) is 32.1 Å². The van der Waals surface area contributed by atoms with Crippen LogP contribution in [0.3, 0.4) is 0 Å². The van der Waals surface area contributed by atoms with Crippen molar-refractivity contribution in [3.63, 3.8) is 0 Å². The van der Waals surface area contributed by atoms with Crippen LogP contribution in [0.1, 0.15) is 47.7 Å². The van der Waals surface area contributed by atoms with E-state index < -0.39 is 19.6 Å². The van der Waals surface area contributed by atoms with Gasteiger partial charge in [-0.05, 0) is 45.0 Å². The molecule has 4 aromatic heterocycles. The smallest absolute Gasteiger partial charge is 0 e. The molecule has 0 amide bonds. The molecule has 0 aliphatic carbocycles. The number of furan rings is 1. The van der Waals surface area contributed by atoms with Crippen LogP contribution in [0.2, 0.25) is 17.3 Å². The number of rotatable bonds is 6. The molecule has 7 heteroatoms. The third-order valence-corrected chi connectivity index (χ3v) is 12.1. The van der Waals surface area contributed by atoms with Crippen LogP contribution in [0.25, 0.3) is 55.7 Å². The Morgan fingerprint density at radius 2 is 1.66 bits per heavy atom. The summed E-state index contributed by atoms with van der Waals surface area (Å²) in [6.07, 6.45) is 0.562. The van der Waals surface area contributed by atoms with Gasteiger partial charge >= 0.3 is 128 Å². The number of hydrogen-bond donors (Lipinski definition) is 0. The second kappa shape index (κ2) is 14.3. The third kappa shape index (κ3) is 7.30. The minimum atomic E-state index is -2.20. The number of pyridine rings is 2. The summed E-state index contributed by atoms with van der Waals surface area (Å²) in [4.78, 5) is 14.0. The molecule has 0 unspecified atom stereocenters. The van der Waals surface area contributed by atoms with Crippen molar-refractivity contribution in [2.45, 2.75) is 64.3 Å². The summed E-state index contributed by atoms with van der Waals surface area (Å²) in [5.41, 5.74) is 7.90. The van der Waals surface area contributed by atoms with Crippen molar-refractivity contribution >= 4 is 50.8 Å². The maximum Gasteiger partial charge on any atom is 0 e. The minimum absolute atomic E-state index is 0. The van der Waals surface area contributed by atoms with Gasteiger partial charge in [-0.15, -0.1) is 18.2 Å². The molecule has 7 aromatic rings. The molecule has 47 heavy (non-hydrogen) atoms. The van der Waals surface area contributed by atoms with Crippen molar-refractivity contribution in [2.75, 3.05) is 0 Å². The van der Waals surface area contributed by atoms with Crippen molar-refractivity contribution < 1.29 is 27.3 Å². The van der Waals surface area contributed by atoms with Crippen LogP contribution in [0.5, 0.6) is 0 Å². The van der Waals surface area contributed by atoms with E-state index in [1.807, 2.05) is 93.7 Å². The molecule has 0 saturated heterocycles. The van der Waals surface area contributed by atoms with Crippen LogP contribution in [0.4, 0.5) is 0 Å². The van der Waals surface area contributed by atoms with E-state index in [0.29, 0.717) is 5.71 Å². The molecule has 1 radical (unpaired) electrons. The van der Waals surface area contributed by atoms with Gasteiger partial charge in [0.2, 0.25) is 5.71 Å². The van der Waals surface area contributed by atoms with Crippen LogP contribution in [-0.4, -0.2) is 32.8 Å². The largest absolute Gasteiger partial charge is 0 e. The van der Waals surface area contributed by atoms with Gasteiger partial charge in [0.1, 0.15) is 0 Å². The zero-order valence-corrected chi connectivity index (χ0v) is 32.8. The number of aromatic nitrogens is 4. The first kappa shape index (κ1) is 32.0. The molecule has 0 saturated carbocycles. The van der Waals surface area contributed by atoms with Gasteiger partial charge in [0.15, 0.2) is 0 Å². The van der Waals surface area contributed by atoms with E-state index in [9.17, 15) is 0 Å². The Kier molecular flexibility index (Phi) is 9.71. The number of benzene rings is 3. The van der Waals surface area contributed by atoms with Gasteiger partial charge in [0, 0.05) is 37.2 Å². The van der Waals surface area contributed by atoms with E-state index in [1.54, 1.807) is 0 Å². The van der Waals surface area contributed by atoms with E-state index in [4.69, 9.17) is 12.1 Å². The Labute approximate surface area is 297 Å². The predicted octanol–water partition coefficient (Wildman–Crippen LogP) is 9.98. The van der Waals surface area contributed by atoms with Crippen LogP contribution in [0.15, 0.2) is 89.5 Å². The molecule has 0 N–H and O–H groups in total. The Hall–Kier alpha value is -3.58. The predicted molar refractivity (Wildman–Crippen MR) is 194 cm³/mol. The Morgan fingerprint density at radius 1 is 0.894 bits per heavy atom. The molecule has 0 bridgehead atoms. The molecule has 5 nitrogen and oxygen atoms in total. The SMILES string of the molecule is Cc1ccc2c(n1)oc1c(-c3nc4ccccc4n3C(C)C)[c-]ccc12.[2H]C([2H])(c1cc(-c2[c-]cccc2)nc[c]1[Ge]([CH3])([CH3])[CH3])C(C)C.[Ir]. The number of aryl methyl sites for hydroxylation is 1. The summed E-state index contributed by atoms with van der Waals surface area (Å²) in [6.45, 7) is 10.2. The van der Waals surface area contributed by atoms with Crippen molar-refractivity contribution in [3.05, 3.63) is 108 Å². The summed E-state index contributed by atoms with van der Waals surface area (Å²) >= 11 is -2.20. The molecule has 0 aliphatic heterocycles. The van der Waals surface area contributed by atoms with Gasteiger partial charge in [0.05, 0.1) is 22.4 Å². The molecule has 3 aromatic carbocycles. The number of nitrogens with zero attached hydrogens (tertiary/aromatic N) is 4. The van der Waals surface area contributed by atoms with Gasteiger partial charge in [-0.25, -0.2) is 4.98 Å². The standard InChI is InChI=1S/C22H18N3O.C18H24GeN.Ir/c1-13(2)25-19-10-5-4-9-18(19)24-21(25)17-8-6-7-15-16-12-11-14(3)23-22(16)26-20(15)17;1-14(2)11-16-12-18(15-9-7-6-8-10-15)20-13-17(16)19(3,4)5;/h4-7,9-13H,1-3H3;6-9,12-14H,11H2,1-5H3;/q2*-1;/i;11D2;. The quantitative estimate of drug-likeness (QED) is 0.124. The summed E-state index contributed by atoms with van der Waals surface area (Å²) in [7, 11) is 0. The van der Waals surface area contributed by atoms with Gasteiger partial charge in [-0.1, -0.05) is 23.1 Å². The van der Waals surface area contributed by atoms with Gasteiger partial charge in [0.25, 0.3) is 0 Å². The zero-order chi connectivity index (χ0) is 34.4. The van der Waals surface area contributed by atoms with Crippen LogP contribution in [0, 0.1) is 25.0 Å². The molecule has 0 spiro atoms. The second-order valence-corrected chi connectivity index (χ2v) is 23.9. The first-order valence-electron chi connectivity index (χ1n) is 16.9. The van der Waals surface area contributed by atoms with E-state index in [0.717, 1.165) is 65.7 Å². The first-order chi connectivity index (χ1) is 22.8. The average Bonchev–Trinajstić information content (AvgIpc) is 3.63. The number of para-hydroxylation sites is 2. The molecule has 0 fully saturated rings. The van der Waals surface area contributed by atoms with E-state index in [1.165, 1.54) is 0 Å². The average molecular weight is 862 g/mol. The van der Waals surface area contributed by atoms with E-state index in [2.05, 4.69) is 69.9 Å². The van der Waals surface area contributed by atoms with Crippen LogP contribution < -0.4 is 4.40 Å². The molecular weight excluding hydrogens is 817 g/mol. The summed E-state index contributed by atoms with van der Waals surface area (Å²) in [5, 5.41) is 2.07. The summed E-state index contributed by atoms with van der Waals surface area (Å²) < 4.78 is 26.7. The minimum Gasteiger partial charge on any atom is 0 e. The summed E-state index contributed by atoms with van der Waals surface area (Å²) in [6, 6.07) is 32.7. The second-order valence-electron chi connectivity index (χ2n) is 13.3. The fourth-order valence-corrected chi connectivity index (χ4v) is 8.75. The zero-order valence-electron chi connectivity index (χ0n) is 30.3. The molecule has 0 atom stereocenters. The van der Waals surface area contributed by atoms with Gasteiger partial charge in [-0.2, -0.15) is 0 Å². The number of hydrogen-bond acceptors (Lipinski definition) is 4. The molecule has 4 heterocycles. The molecule has 0 aliphatic rings. The van der Waals surface area contributed by atoms with Crippen LogP contribution >= 0.6 is 0 Å². The number of imidazole rings is 1. The van der Waals surface area contributed by atoms with Gasteiger partial charge < -0.3 is 8.98 Å². The van der Waals surface area contributed by atoms with Crippen molar-refractivity contribution in [1.29, 1.82) is 0 Å². The van der Waals surface area contributed by atoms with Crippen molar-refractivity contribution in [2.24, 2.45) is 5.92 Å². The topological polar surface area (TPSA) is 56.7 Å². The van der Waals surface area contributed by atoms with E-state index >= 15 is 0 Å². The van der Waals surface area contributed by atoms with Crippen molar-refractivity contribution in [1.82, 2.24) is 19.5 Å². The van der Waals surface area contributed by atoms with Crippen LogP contribution in [-0.2, 0) is 26.5 Å². The normalized spacial score (nSPS) is 12.6. The van der Waals surface area contributed by atoms with Crippen molar-refractivity contribution in [3.8, 4) is 22.6 Å². The fraction of sp³-hybridized carbons (Fsp3) is 0.275. The Morgan fingerprint density at radius 3 is 2.36 bits per heavy atom. The Balaban J connectivity index is 0.000000190. The molecular formula is C40H42GeIrN4O-2. The Bertz CT molecular complexity index is 2240.